The minimum atomic E-state index is -3.82. The first-order valence-corrected chi connectivity index (χ1v) is 10.5. The lowest BCUT2D eigenvalue weighted by Crippen LogP contribution is -2.35. The van der Waals surface area contributed by atoms with Crippen LogP contribution in [0.4, 0.5) is 0 Å². The number of nitrogens with zero attached hydrogens (tertiary/aromatic N) is 2. The van der Waals surface area contributed by atoms with E-state index in [1.807, 2.05) is 25.1 Å². The maximum absolute atomic E-state index is 12.6. The molecule has 0 amide bonds. The van der Waals surface area contributed by atoms with Crippen LogP contribution in [-0.4, -0.2) is 15.0 Å². The molecule has 0 radical (unpaired) electrons. The minimum Gasteiger partial charge on any atom is -0.265 e. The second kappa shape index (κ2) is 7.68. The van der Waals surface area contributed by atoms with Gasteiger partial charge in [0.25, 0.3) is 10.1 Å². The number of aryl methyl sites for hydroxylation is 1. The molecular weight excluding hydrogens is 360 g/mol. The number of fused-ring (bicyclic) bond motifs is 1. The lowest BCUT2D eigenvalue weighted by Gasteiger charge is -2.42. The molecule has 2 aliphatic carbocycles. The summed E-state index contributed by atoms with van der Waals surface area (Å²) in [5.41, 5.74) is 2.68. The Kier molecular flexibility index (Phi) is 5.51. The Hall–Kier alpha value is -2.41. The quantitative estimate of drug-likeness (QED) is 0.571. The number of hydrogen-bond donors (Lipinski definition) is 0. The zero-order valence-corrected chi connectivity index (χ0v) is 16.2. The van der Waals surface area contributed by atoms with Crippen LogP contribution in [0.15, 0.2) is 52.0 Å². The molecule has 6 heteroatoms. The Morgan fingerprint density at radius 3 is 2.48 bits per heavy atom. The van der Waals surface area contributed by atoms with Gasteiger partial charge in [-0.05, 0) is 56.7 Å². The summed E-state index contributed by atoms with van der Waals surface area (Å²) >= 11 is 0. The predicted octanol–water partition coefficient (Wildman–Crippen LogP) is 4.32. The molecule has 2 aliphatic rings. The van der Waals surface area contributed by atoms with Crippen molar-refractivity contribution in [1.82, 2.24) is 0 Å². The summed E-state index contributed by atoms with van der Waals surface area (Å²) in [5, 5.41) is 18.3. The standard InChI is InChI=1S/C21H22N2O3S/c1-16-5-7-20(8-6-16)27(24,25)26-15-21-10-3-2-4-19(21)12-17(9-11-21)18(13-22)14-23/h5-8,12H,2-4,9-11,15H2,1H3. The Morgan fingerprint density at radius 2 is 1.81 bits per heavy atom. The average molecular weight is 382 g/mol. The van der Waals surface area contributed by atoms with Gasteiger partial charge in [0.1, 0.15) is 17.7 Å². The van der Waals surface area contributed by atoms with Crippen molar-refractivity contribution >= 4 is 10.1 Å². The molecule has 0 bridgehead atoms. The van der Waals surface area contributed by atoms with Crippen molar-refractivity contribution in [1.29, 1.82) is 10.5 Å². The van der Waals surface area contributed by atoms with Gasteiger partial charge in [-0.2, -0.15) is 18.9 Å². The third-order valence-corrected chi connectivity index (χ3v) is 6.88. The van der Waals surface area contributed by atoms with E-state index in [9.17, 15) is 8.42 Å². The molecule has 1 unspecified atom stereocenters. The molecule has 1 saturated carbocycles. The van der Waals surface area contributed by atoms with E-state index < -0.39 is 10.1 Å². The van der Waals surface area contributed by atoms with E-state index in [-0.39, 0.29) is 22.5 Å². The van der Waals surface area contributed by atoms with Gasteiger partial charge in [-0.1, -0.05) is 35.8 Å². The molecule has 0 heterocycles. The summed E-state index contributed by atoms with van der Waals surface area (Å²) in [6.07, 6.45) is 6.99. The third kappa shape index (κ3) is 3.98. The summed E-state index contributed by atoms with van der Waals surface area (Å²) in [6.45, 7) is 2.01. The second-order valence-corrected chi connectivity index (χ2v) is 8.93. The molecule has 0 N–H and O–H groups in total. The van der Waals surface area contributed by atoms with Crippen molar-refractivity contribution in [3.05, 3.63) is 52.6 Å². The Bertz CT molecular complexity index is 960. The number of benzene rings is 1. The van der Waals surface area contributed by atoms with Crippen molar-refractivity contribution in [2.45, 2.75) is 50.3 Å². The van der Waals surface area contributed by atoms with Gasteiger partial charge >= 0.3 is 0 Å². The van der Waals surface area contributed by atoms with Gasteiger partial charge in [0.15, 0.2) is 0 Å². The maximum Gasteiger partial charge on any atom is 0.297 e. The molecule has 1 fully saturated rings. The minimum absolute atomic E-state index is 0.108. The molecule has 0 saturated heterocycles. The van der Waals surface area contributed by atoms with Crippen LogP contribution < -0.4 is 0 Å². The van der Waals surface area contributed by atoms with Gasteiger partial charge < -0.3 is 0 Å². The number of nitriles is 2. The fraction of sp³-hybridized carbons (Fsp3) is 0.429. The zero-order valence-electron chi connectivity index (χ0n) is 15.4. The monoisotopic (exact) mass is 382 g/mol. The highest BCUT2D eigenvalue weighted by molar-refractivity contribution is 7.86. The molecule has 27 heavy (non-hydrogen) atoms. The molecule has 0 aromatic heterocycles. The summed E-state index contributed by atoms with van der Waals surface area (Å²) in [4.78, 5) is 0.165. The number of hydrogen-bond acceptors (Lipinski definition) is 5. The Balaban J connectivity index is 1.86. The topological polar surface area (TPSA) is 90.9 Å². The molecular formula is C21H22N2O3S. The molecule has 1 aromatic carbocycles. The lowest BCUT2D eigenvalue weighted by molar-refractivity contribution is 0.138. The maximum atomic E-state index is 12.6. The molecule has 140 valence electrons. The molecule has 5 nitrogen and oxygen atoms in total. The van der Waals surface area contributed by atoms with Gasteiger partial charge in [-0.3, -0.25) is 4.18 Å². The second-order valence-electron chi connectivity index (χ2n) is 7.31. The largest absolute Gasteiger partial charge is 0.297 e. The van der Waals surface area contributed by atoms with Crippen LogP contribution in [-0.2, 0) is 14.3 Å². The summed E-state index contributed by atoms with van der Waals surface area (Å²) in [6, 6.07) is 10.6. The lowest BCUT2D eigenvalue weighted by atomic mass is 9.64. The van der Waals surface area contributed by atoms with Crippen LogP contribution in [0.2, 0.25) is 0 Å². The predicted molar refractivity (Wildman–Crippen MR) is 101 cm³/mol. The van der Waals surface area contributed by atoms with Crippen molar-refractivity contribution in [2.75, 3.05) is 6.61 Å². The van der Waals surface area contributed by atoms with Gasteiger partial charge in [0, 0.05) is 5.41 Å². The molecule has 1 aromatic rings. The third-order valence-electron chi connectivity index (χ3n) is 5.60. The molecule has 1 atom stereocenters. The zero-order chi connectivity index (χ0) is 19.5. The first-order chi connectivity index (χ1) is 12.9. The SMILES string of the molecule is Cc1ccc(S(=O)(=O)OCC23CCCCC2=CC(=C(C#N)C#N)CC3)cc1. The normalized spacial score (nSPS) is 22.2. The van der Waals surface area contributed by atoms with Crippen molar-refractivity contribution in [2.24, 2.45) is 5.41 Å². The molecule has 0 aliphatic heterocycles. The highest BCUT2D eigenvalue weighted by atomic mass is 32.2. The first kappa shape index (κ1) is 19.4. The Morgan fingerprint density at radius 1 is 1.11 bits per heavy atom. The van der Waals surface area contributed by atoms with Crippen molar-refractivity contribution < 1.29 is 12.6 Å². The first-order valence-electron chi connectivity index (χ1n) is 9.11. The number of rotatable bonds is 4. The van der Waals surface area contributed by atoms with Crippen LogP contribution in [0.3, 0.4) is 0 Å². The summed E-state index contributed by atoms with van der Waals surface area (Å²) in [5.74, 6) is 0. The van der Waals surface area contributed by atoms with Gasteiger partial charge in [0.2, 0.25) is 0 Å². The smallest absolute Gasteiger partial charge is 0.265 e. The van der Waals surface area contributed by atoms with E-state index in [2.05, 4.69) is 0 Å². The van der Waals surface area contributed by atoms with Crippen LogP contribution in [0.25, 0.3) is 0 Å². The van der Waals surface area contributed by atoms with Gasteiger partial charge in [0.05, 0.1) is 11.5 Å². The van der Waals surface area contributed by atoms with E-state index in [4.69, 9.17) is 14.7 Å². The van der Waals surface area contributed by atoms with Gasteiger partial charge in [-0.25, -0.2) is 0 Å². The summed E-state index contributed by atoms with van der Waals surface area (Å²) < 4.78 is 30.7. The molecule has 0 spiro atoms. The number of allylic oxidation sites excluding steroid dienone is 3. The summed E-state index contributed by atoms with van der Waals surface area (Å²) in [7, 11) is -3.82. The van der Waals surface area contributed by atoms with Crippen LogP contribution in [0.1, 0.15) is 44.1 Å². The van der Waals surface area contributed by atoms with Crippen molar-refractivity contribution in [3.8, 4) is 12.1 Å². The van der Waals surface area contributed by atoms with E-state index in [0.717, 1.165) is 42.4 Å². The highest BCUT2D eigenvalue weighted by Gasteiger charge is 2.40. The van der Waals surface area contributed by atoms with Crippen LogP contribution in [0, 0.1) is 35.0 Å². The van der Waals surface area contributed by atoms with E-state index in [1.54, 1.807) is 24.3 Å². The van der Waals surface area contributed by atoms with Gasteiger partial charge in [-0.15, -0.1) is 0 Å². The van der Waals surface area contributed by atoms with Crippen LogP contribution in [0.5, 0.6) is 0 Å². The fourth-order valence-electron chi connectivity index (χ4n) is 3.94. The van der Waals surface area contributed by atoms with Crippen LogP contribution >= 0.6 is 0 Å². The van der Waals surface area contributed by atoms with E-state index >= 15 is 0 Å². The Labute approximate surface area is 160 Å². The molecule has 3 rings (SSSR count). The van der Waals surface area contributed by atoms with Crippen molar-refractivity contribution in [3.63, 3.8) is 0 Å². The average Bonchev–Trinajstić information content (AvgIpc) is 2.68. The van der Waals surface area contributed by atoms with E-state index in [1.165, 1.54) is 0 Å². The van der Waals surface area contributed by atoms with E-state index in [0.29, 0.717) is 12.8 Å². The highest BCUT2D eigenvalue weighted by Crippen LogP contribution is 2.49. The fourth-order valence-corrected chi connectivity index (χ4v) is 4.92.